The molecule has 1 amide bonds. The number of amides is 1. The number of likely N-dealkylation sites (tertiary alicyclic amines) is 1. The number of hydrogen-bond acceptors (Lipinski definition) is 4. The number of fused-ring (bicyclic) bond motifs is 1. The van der Waals surface area contributed by atoms with Crippen molar-refractivity contribution in [1.82, 2.24) is 15.1 Å². The van der Waals surface area contributed by atoms with Crippen LogP contribution in [-0.4, -0.2) is 40.6 Å². The number of nitrogens with two attached hydrogens (primary N) is 1. The summed E-state index contributed by atoms with van der Waals surface area (Å²) in [6.45, 7) is 3.97. The number of carbonyl (C=O) groups excluding carboxylic acids is 1. The summed E-state index contributed by atoms with van der Waals surface area (Å²) in [6.07, 6.45) is 4.28. The number of nitrogens with one attached hydrogen (secondary N) is 2. The third-order valence-electron chi connectivity index (χ3n) is 5.26. The van der Waals surface area contributed by atoms with Crippen LogP contribution in [0.3, 0.4) is 0 Å². The number of anilines is 1. The van der Waals surface area contributed by atoms with Crippen molar-refractivity contribution in [3.63, 3.8) is 0 Å². The number of H-pyrrole nitrogens is 1. The van der Waals surface area contributed by atoms with E-state index in [1.54, 1.807) is 6.07 Å². The second-order valence-corrected chi connectivity index (χ2v) is 7.36. The highest BCUT2D eigenvalue weighted by molar-refractivity contribution is 5.92. The molecule has 1 atom stereocenters. The maximum absolute atomic E-state index is 11.4. The zero-order valence-corrected chi connectivity index (χ0v) is 15.3. The molecule has 1 fully saturated rings. The minimum Gasteiger partial charge on any atom is -0.385 e. The lowest BCUT2D eigenvalue weighted by atomic mass is 9.97. The Morgan fingerprint density at radius 2 is 2.22 bits per heavy atom. The van der Waals surface area contributed by atoms with Crippen molar-refractivity contribution in [3.05, 3.63) is 59.8 Å². The van der Waals surface area contributed by atoms with E-state index >= 15 is 0 Å². The van der Waals surface area contributed by atoms with E-state index in [4.69, 9.17) is 5.73 Å². The smallest absolute Gasteiger partial charge is 0.248 e. The summed E-state index contributed by atoms with van der Waals surface area (Å²) in [7, 11) is 0. The molecule has 1 saturated heterocycles. The van der Waals surface area contributed by atoms with Gasteiger partial charge >= 0.3 is 0 Å². The van der Waals surface area contributed by atoms with Gasteiger partial charge < -0.3 is 11.1 Å². The van der Waals surface area contributed by atoms with Crippen LogP contribution in [0.5, 0.6) is 0 Å². The van der Waals surface area contributed by atoms with Crippen LogP contribution in [-0.2, 0) is 6.54 Å². The fraction of sp³-hybridized carbons (Fsp3) is 0.333. The van der Waals surface area contributed by atoms with Crippen LogP contribution >= 0.6 is 0 Å². The van der Waals surface area contributed by atoms with E-state index in [2.05, 4.69) is 44.7 Å². The normalized spacial score (nSPS) is 17.9. The molecule has 1 aromatic heterocycles. The first-order valence-electron chi connectivity index (χ1n) is 9.45. The molecular formula is C21H25N5O. The van der Waals surface area contributed by atoms with Crippen molar-refractivity contribution in [1.29, 1.82) is 0 Å². The first-order valence-corrected chi connectivity index (χ1v) is 9.45. The lowest BCUT2D eigenvalue weighted by Crippen LogP contribution is -2.37. The van der Waals surface area contributed by atoms with E-state index in [1.807, 2.05) is 18.3 Å². The second-order valence-electron chi connectivity index (χ2n) is 7.36. The third kappa shape index (κ3) is 4.28. The van der Waals surface area contributed by atoms with E-state index in [-0.39, 0.29) is 5.91 Å². The van der Waals surface area contributed by atoms with Crippen LogP contribution < -0.4 is 11.1 Å². The van der Waals surface area contributed by atoms with Crippen molar-refractivity contribution in [3.8, 4) is 0 Å². The topological polar surface area (TPSA) is 87.0 Å². The van der Waals surface area contributed by atoms with Gasteiger partial charge in [-0.2, -0.15) is 5.10 Å². The fourth-order valence-corrected chi connectivity index (χ4v) is 3.86. The quantitative estimate of drug-likeness (QED) is 0.628. The molecular weight excluding hydrogens is 338 g/mol. The maximum atomic E-state index is 11.4. The number of carbonyl (C=O) groups is 1. The van der Waals surface area contributed by atoms with Crippen molar-refractivity contribution in [2.75, 3.05) is 25.0 Å². The van der Waals surface area contributed by atoms with E-state index < -0.39 is 0 Å². The summed E-state index contributed by atoms with van der Waals surface area (Å²) in [6, 6.07) is 13.9. The highest BCUT2D eigenvalue weighted by atomic mass is 16.1. The highest BCUT2D eigenvalue weighted by Crippen LogP contribution is 2.21. The summed E-state index contributed by atoms with van der Waals surface area (Å²) < 4.78 is 0. The number of nitrogens with zero attached hydrogens (tertiary/aromatic N) is 2. The number of aromatic nitrogens is 2. The molecule has 140 valence electrons. The molecule has 27 heavy (non-hydrogen) atoms. The molecule has 1 aliphatic rings. The molecule has 6 nitrogen and oxygen atoms in total. The van der Waals surface area contributed by atoms with Gasteiger partial charge in [-0.3, -0.25) is 14.8 Å². The number of hydrogen-bond donors (Lipinski definition) is 3. The molecule has 3 aromatic rings. The van der Waals surface area contributed by atoms with Gasteiger partial charge in [0.25, 0.3) is 0 Å². The monoisotopic (exact) mass is 363 g/mol. The lowest BCUT2D eigenvalue weighted by Gasteiger charge is -2.33. The van der Waals surface area contributed by atoms with E-state index in [0.29, 0.717) is 11.5 Å². The van der Waals surface area contributed by atoms with Crippen molar-refractivity contribution < 1.29 is 4.79 Å². The van der Waals surface area contributed by atoms with Gasteiger partial charge in [0.1, 0.15) is 0 Å². The fourth-order valence-electron chi connectivity index (χ4n) is 3.86. The third-order valence-corrected chi connectivity index (χ3v) is 5.26. The van der Waals surface area contributed by atoms with Gasteiger partial charge in [0.2, 0.25) is 5.91 Å². The molecule has 2 heterocycles. The first kappa shape index (κ1) is 17.5. The van der Waals surface area contributed by atoms with Crippen LogP contribution in [0.25, 0.3) is 10.9 Å². The minimum absolute atomic E-state index is 0.368. The Kier molecular flexibility index (Phi) is 5.07. The molecule has 1 unspecified atom stereocenters. The van der Waals surface area contributed by atoms with Gasteiger partial charge in [-0.25, -0.2) is 0 Å². The SMILES string of the molecule is NC(=O)c1cccc(CN2CCCC(CNc3ccc4[nH]ncc4c3)C2)c1. The molecule has 1 aliphatic heterocycles. The summed E-state index contributed by atoms with van der Waals surface area (Å²) in [5.74, 6) is 0.241. The molecule has 0 aliphatic carbocycles. The van der Waals surface area contributed by atoms with E-state index in [1.165, 1.54) is 12.8 Å². The first-order chi connectivity index (χ1) is 13.2. The molecule has 4 N–H and O–H groups in total. The molecule has 2 aromatic carbocycles. The Hall–Kier alpha value is -2.86. The summed E-state index contributed by atoms with van der Waals surface area (Å²) >= 11 is 0. The molecule has 4 rings (SSSR count). The van der Waals surface area contributed by atoms with Gasteiger partial charge in [-0.15, -0.1) is 0 Å². The van der Waals surface area contributed by atoms with Crippen LogP contribution in [0.1, 0.15) is 28.8 Å². The number of aromatic amines is 1. The Morgan fingerprint density at radius 3 is 3.11 bits per heavy atom. The average Bonchev–Trinajstić information content (AvgIpc) is 3.15. The minimum atomic E-state index is -0.368. The van der Waals surface area contributed by atoms with Gasteiger partial charge in [0.05, 0.1) is 11.7 Å². The standard InChI is InChI=1S/C21H25N5O/c22-21(27)17-5-1-3-15(9-17)13-26-8-2-4-16(14-26)11-23-19-6-7-20-18(10-19)12-24-25-20/h1,3,5-7,9-10,12,16,23H,2,4,8,11,13-14H2,(H2,22,27)(H,24,25). The zero-order chi connectivity index (χ0) is 18.6. The van der Waals surface area contributed by atoms with Crippen LogP contribution in [0.4, 0.5) is 5.69 Å². The molecule has 6 heteroatoms. The second kappa shape index (κ2) is 7.80. The van der Waals surface area contributed by atoms with Crippen LogP contribution in [0, 0.1) is 5.92 Å². The van der Waals surface area contributed by atoms with E-state index in [0.717, 1.165) is 48.3 Å². The number of piperidine rings is 1. The number of rotatable bonds is 6. The van der Waals surface area contributed by atoms with Gasteiger partial charge in [-0.1, -0.05) is 12.1 Å². The Labute approximate surface area is 158 Å². The highest BCUT2D eigenvalue weighted by Gasteiger charge is 2.20. The summed E-state index contributed by atoms with van der Waals surface area (Å²) in [5.41, 5.74) is 9.31. The summed E-state index contributed by atoms with van der Waals surface area (Å²) in [4.78, 5) is 13.8. The largest absolute Gasteiger partial charge is 0.385 e. The van der Waals surface area contributed by atoms with Crippen LogP contribution in [0.15, 0.2) is 48.7 Å². The molecule has 0 saturated carbocycles. The predicted molar refractivity (Wildman–Crippen MR) is 108 cm³/mol. The number of benzene rings is 2. The van der Waals surface area contributed by atoms with Crippen molar-refractivity contribution in [2.45, 2.75) is 19.4 Å². The Balaban J connectivity index is 1.33. The molecule has 0 spiro atoms. The predicted octanol–water partition coefficient (Wildman–Crippen LogP) is 2.99. The van der Waals surface area contributed by atoms with Crippen molar-refractivity contribution in [2.24, 2.45) is 11.7 Å². The van der Waals surface area contributed by atoms with Crippen molar-refractivity contribution >= 4 is 22.5 Å². The molecule has 0 bridgehead atoms. The summed E-state index contributed by atoms with van der Waals surface area (Å²) in [5, 5.41) is 11.7. The molecule has 0 radical (unpaired) electrons. The van der Waals surface area contributed by atoms with E-state index in [9.17, 15) is 4.79 Å². The lowest BCUT2D eigenvalue weighted by molar-refractivity contribution is 0.1000. The zero-order valence-electron chi connectivity index (χ0n) is 15.3. The van der Waals surface area contributed by atoms with Gasteiger partial charge in [-0.05, 0) is 61.2 Å². The Morgan fingerprint density at radius 1 is 1.30 bits per heavy atom. The van der Waals surface area contributed by atoms with Gasteiger partial charge in [0, 0.05) is 36.3 Å². The van der Waals surface area contributed by atoms with Crippen LogP contribution in [0.2, 0.25) is 0 Å². The average molecular weight is 363 g/mol. The van der Waals surface area contributed by atoms with Gasteiger partial charge in [0.15, 0.2) is 0 Å². The Bertz CT molecular complexity index is 935. The number of primary amides is 1. The maximum Gasteiger partial charge on any atom is 0.248 e.